The second kappa shape index (κ2) is 47.9. The van der Waals surface area contributed by atoms with Crippen LogP contribution in [0.5, 0.6) is 0 Å². The van der Waals surface area contributed by atoms with E-state index < -0.39 is 299 Å². The molecule has 0 bridgehead atoms. The Kier molecular flexibility index (Phi) is 42.8. The first-order valence-electron chi connectivity index (χ1n) is 33.3. The van der Waals surface area contributed by atoms with E-state index in [1.54, 1.807) is 27.7 Å². The number of nitrogens with one attached hydrogen (secondary N) is 14. The van der Waals surface area contributed by atoms with Crippen LogP contribution in [0, 0.1) is 23.7 Å². The smallest absolute Gasteiger partial charge is 0.322 e. The molecule has 0 radical (unpaired) electrons. The van der Waals surface area contributed by atoms with Gasteiger partial charge in [0.2, 0.25) is 94.5 Å². The quantitative estimate of drug-likeness (QED) is 0.0269. The number of primary amides is 2. The largest absolute Gasteiger partial charge is 0.481 e. The number of aliphatic carboxylic acids is 5. The molecular formula is C62H101N17O26. The third-order valence-electron chi connectivity index (χ3n) is 14.9. The first kappa shape index (κ1) is 93.8. The summed E-state index contributed by atoms with van der Waals surface area (Å²) in [6.07, 6.45) is -7.21. The Morgan fingerprint density at radius 3 is 1.03 bits per heavy atom. The van der Waals surface area contributed by atoms with E-state index in [1.165, 1.54) is 27.7 Å². The van der Waals surface area contributed by atoms with Crippen molar-refractivity contribution in [2.75, 3.05) is 26.2 Å². The second-order valence-corrected chi connectivity index (χ2v) is 25.8. The summed E-state index contributed by atoms with van der Waals surface area (Å²) in [5.41, 5.74) is 16.5. The molecule has 16 amide bonds. The van der Waals surface area contributed by atoms with Gasteiger partial charge in [0.15, 0.2) is 0 Å². The van der Waals surface area contributed by atoms with Gasteiger partial charge in [-0.1, -0.05) is 55.4 Å². The lowest BCUT2D eigenvalue weighted by Crippen LogP contribution is -2.60. The Morgan fingerprint density at radius 2 is 0.610 bits per heavy atom. The summed E-state index contributed by atoms with van der Waals surface area (Å²) in [6.45, 7) is 10.4. The number of carboxylic acids is 5. The summed E-state index contributed by atoms with van der Waals surface area (Å²) in [5, 5.41) is 78.2. The molecule has 0 aliphatic carbocycles. The number of hydrogen-bond donors (Lipinski definition) is 22. The van der Waals surface area contributed by atoms with E-state index in [-0.39, 0.29) is 25.2 Å². The highest BCUT2D eigenvalue weighted by atomic mass is 16.4. The predicted octanol–water partition coefficient (Wildman–Crippen LogP) is -8.26. The molecule has 0 aromatic heterocycles. The molecule has 0 heterocycles. The molecular weight excluding hydrogens is 1400 g/mol. The Balaban J connectivity index is 6.65. The van der Waals surface area contributed by atoms with Crippen LogP contribution in [0.2, 0.25) is 0 Å². The van der Waals surface area contributed by atoms with Gasteiger partial charge in [0, 0.05) is 32.1 Å². The van der Waals surface area contributed by atoms with Crippen LogP contribution in [-0.4, -0.2) is 243 Å². The zero-order chi connectivity index (χ0) is 80.7. The van der Waals surface area contributed by atoms with E-state index in [4.69, 9.17) is 27.4 Å². The third kappa shape index (κ3) is 40.3. The van der Waals surface area contributed by atoms with Crippen LogP contribution in [0.15, 0.2) is 0 Å². The van der Waals surface area contributed by atoms with Gasteiger partial charge in [-0.15, -0.1) is 0 Å². The van der Waals surface area contributed by atoms with Crippen LogP contribution in [0.1, 0.15) is 146 Å². The molecule has 590 valence electrons. The molecule has 0 rings (SSSR count). The Hall–Kier alpha value is -11.2. The number of carboxylic acid groups (broad SMARTS) is 5. The van der Waals surface area contributed by atoms with Crippen LogP contribution >= 0.6 is 0 Å². The van der Waals surface area contributed by atoms with Crippen LogP contribution in [0.3, 0.4) is 0 Å². The molecule has 0 aromatic carbocycles. The minimum absolute atomic E-state index is 0.0621. The standard InChI is InChI=1S/C62H101N17O26/c1-27(2)20-37(54(97)68-24-43(83)66-23-42(82)67-26-49(93)94)75-56(99)36(14-19-47(89)90)74-62(105)51(30(7)8)79-57(100)33(11-15-40(64)80)71-44(84)25-69-61(104)50(29(5)6)78-58(101)34(12-16-41(65)81)73-59(102)38(21-28(3)4)76-60(103)39(22-48(91)92)77-55(98)35(13-18-46(87)88)72-52(95)31(9)70-53(96)32(63)10-17-45(85)86/h27-39,50-51H,10-26,63H2,1-9H3,(H2,64,80)(H2,65,81)(H,66,83)(H,67,82)(H,68,97)(H,69,104)(H,70,96)(H,71,84)(H,72,95)(H,73,102)(H,74,105)(H,75,99)(H,76,103)(H,77,98)(H,78,101)(H,79,100)(H,85,86)(H,87,88)(H,89,90)(H,91,92)(H,93,94)/t31-,32-,33-,34-,35-,36-,37-,38-,39-,50-,51-/m0/s1. The SMILES string of the molecule is CC(C)C[C@H](NC(=O)[C@H](CCC(=O)O)NC(=O)[C@@H](NC(=O)[C@H](CCC(N)=O)NC(=O)CNC(=O)[C@@H](NC(=O)[C@H](CCC(N)=O)NC(=O)[C@H](CC(C)C)NC(=O)[C@H](CC(=O)O)NC(=O)[C@H](CCC(=O)O)NC(=O)[C@H](C)NC(=O)[C@@H](N)CCC(=O)O)C(C)C)C(C)C)C(=O)NCC(=O)NCC(=O)NCC(=O)O. The van der Waals surface area contributed by atoms with Crippen molar-refractivity contribution in [3.05, 3.63) is 0 Å². The van der Waals surface area contributed by atoms with Gasteiger partial charge in [0.05, 0.1) is 32.1 Å². The van der Waals surface area contributed by atoms with Gasteiger partial charge in [-0.25, -0.2) is 0 Å². The number of carbonyl (C=O) groups excluding carboxylic acids is 16. The minimum atomic E-state index is -2.06. The average Bonchev–Trinajstić information content (AvgIpc) is 0.860. The number of nitrogens with two attached hydrogens (primary N) is 3. The van der Waals surface area contributed by atoms with E-state index in [2.05, 4.69) is 69.1 Å². The molecule has 0 aliphatic rings. The lowest BCUT2D eigenvalue weighted by atomic mass is 10.00. The van der Waals surface area contributed by atoms with E-state index in [1.807, 2.05) is 5.32 Å². The lowest BCUT2D eigenvalue weighted by Gasteiger charge is -2.28. The summed E-state index contributed by atoms with van der Waals surface area (Å²) in [6, 6.07) is -18.1. The van der Waals surface area contributed by atoms with E-state index in [0.29, 0.717) is 0 Å². The normalized spacial score (nSPS) is 14.1. The predicted molar refractivity (Wildman–Crippen MR) is 361 cm³/mol. The van der Waals surface area contributed by atoms with Crippen molar-refractivity contribution in [2.45, 2.75) is 212 Å². The lowest BCUT2D eigenvalue weighted by molar-refractivity contribution is -0.142. The molecule has 43 nitrogen and oxygen atoms in total. The number of hydrogen-bond acceptors (Lipinski definition) is 22. The highest BCUT2D eigenvalue weighted by Gasteiger charge is 2.38. The van der Waals surface area contributed by atoms with Crippen molar-refractivity contribution in [1.29, 1.82) is 0 Å². The first-order valence-corrected chi connectivity index (χ1v) is 33.3. The number of carbonyl (C=O) groups is 21. The van der Waals surface area contributed by atoms with Crippen molar-refractivity contribution >= 4 is 124 Å². The highest BCUT2D eigenvalue weighted by Crippen LogP contribution is 2.14. The van der Waals surface area contributed by atoms with Gasteiger partial charge in [-0.3, -0.25) is 101 Å². The number of rotatable bonds is 52. The molecule has 0 saturated carbocycles. The topological polar surface area (TPSA) is 706 Å². The molecule has 0 spiro atoms. The molecule has 0 aliphatic heterocycles. The summed E-state index contributed by atoms with van der Waals surface area (Å²) in [7, 11) is 0. The fourth-order valence-corrected chi connectivity index (χ4v) is 9.29. The zero-order valence-corrected chi connectivity index (χ0v) is 59.7. The van der Waals surface area contributed by atoms with Crippen molar-refractivity contribution in [3.8, 4) is 0 Å². The first-order chi connectivity index (χ1) is 48.7. The third-order valence-corrected chi connectivity index (χ3v) is 14.9. The monoisotopic (exact) mass is 1500 g/mol. The maximum Gasteiger partial charge on any atom is 0.322 e. The minimum Gasteiger partial charge on any atom is -0.481 e. The number of amides is 16. The fourth-order valence-electron chi connectivity index (χ4n) is 9.29. The highest BCUT2D eigenvalue weighted by molar-refractivity contribution is 6.00. The summed E-state index contributed by atoms with van der Waals surface area (Å²) in [5.74, 6) is -26.6. The summed E-state index contributed by atoms with van der Waals surface area (Å²) >= 11 is 0. The molecule has 11 atom stereocenters. The molecule has 0 aromatic rings. The molecule has 105 heavy (non-hydrogen) atoms. The van der Waals surface area contributed by atoms with Gasteiger partial charge >= 0.3 is 29.8 Å². The van der Waals surface area contributed by atoms with Crippen molar-refractivity contribution in [1.82, 2.24) is 74.4 Å². The maximum atomic E-state index is 14.2. The van der Waals surface area contributed by atoms with Crippen LogP contribution in [0.4, 0.5) is 0 Å². The average molecular weight is 1500 g/mol. The van der Waals surface area contributed by atoms with Crippen LogP contribution < -0.4 is 91.6 Å². The molecule has 0 saturated heterocycles. The van der Waals surface area contributed by atoms with Crippen LogP contribution in [0.25, 0.3) is 0 Å². The van der Waals surface area contributed by atoms with Gasteiger partial charge in [0.25, 0.3) is 0 Å². The van der Waals surface area contributed by atoms with Gasteiger partial charge in [0.1, 0.15) is 67.0 Å². The van der Waals surface area contributed by atoms with Gasteiger partial charge in [-0.2, -0.15) is 0 Å². The fraction of sp³-hybridized carbons (Fsp3) is 0.661. The van der Waals surface area contributed by atoms with Gasteiger partial charge in [-0.05, 0) is 75.5 Å². The second-order valence-electron chi connectivity index (χ2n) is 25.8. The van der Waals surface area contributed by atoms with E-state index in [0.717, 1.165) is 6.92 Å². The summed E-state index contributed by atoms with van der Waals surface area (Å²) < 4.78 is 0. The Morgan fingerprint density at radius 1 is 0.286 bits per heavy atom. The van der Waals surface area contributed by atoms with E-state index in [9.17, 15) is 116 Å². The van der Waals surface area contributed by atoms with Crippen molar-refractivity contribution in [2.24, 2.45) is 40.9 Å². The van der Waals surface area contributed by atoms with Crippen LogP contribution in [-0.2, 0) is 101 Å². The van der Waals surface area contributed by atoms with Crippen molar-refractivity contribution < 1.29 is 126 Å². The summed E-state index contributed by atoms with van der Waals surface area (Å²) in [4.78, 5) is 269. The maximum absolute atomic E-state index is 14.2. The van der Waals surface area contributed by atoms with Crippen molar-refractivity contribution in [3.63, 3.8) is 0 Å². The molecule has 43 heteroatoms. The van der Waals surface area contributed by atoms with Gasteiger partial charge < -0.3 is 117 Å². The molecule has 0 unspecified atom stereocenters. The Bertz CT molecular complexity index is 3150. The Labute approximate surface area is 602 Å². The van der Waals surface area contributed by atoms with E-state index >= 15 is 0 Å². The molecule has 25 N–H and O–H groups in total. The zero-order valence-electron chi connectivity index (χ0n) is 59.7. The molecule has 0 fully saturated rings.